The van der Waals surface area contributed by atoms with Crippen LogP contribution in [-0.2, 0) is 32.7 Å². The molecule has 0 aromatic rings. The van der Waals surface area contributed by atoms with E-state index in [1.54, 1.807) is 0 Å². The molecule has 0 bridgehead atoms. The average Bonchev–Trinajstić information content (AvgIpc) is 3.04. The first-order valence-electron chi connectivity index (χ1n) is 18.0. The van der Waals surface area contributed by atoms with Gasteiger partial charge in [-0.3, -0.25) is 18.6 Å². The van der Waals surface area contributed by atoms with E-state index in [2.05, 4.69) is 50.3 Å². The van der Waals surface area contributed by atoms with Crippen LogP contribution in [-0.4, -0.2) is 49.3 Å². The number of rotatable bonds is 33. The smallest absolute Gasteiger partial charge is 0.462 e. The summed E-state index contributed by atoms with van der Waals surface area (Å²) in [5.74, 6) is -0.861. The Morgan fingerprint density at radius 1 is 0.652 bits per heavy atom. The largest absolute Gasteiger partial charge is 0.472 e. The van der Waals surface area contributed by atoms with E-state index in [4.69, 9.17) is 24.3 Å². The van der Waals surface area contributed by atoms with E-state index in [-0.39, 0.29) is 32.6 Å². The molecule has 0 spiro atoms. The number of ether oxygens (including phenoxy) is 2. The molecular formula is C36H66NO8P. The lowest BCUT2D eigenvalue weighted by Crippen LogP contribution is -2.29. The first-order valence-corrected chi connectivity index (χ1v) is 19.5. The summed E-state index contributed by atoms with van der Waals surface area (Å²) in [6.07, 6.45) is 33.2. The molecular weight excluding hydrogens is 605 g/mol. The fraction of sp³-hybridized carbons (Fsp3) is 0.778. The number of carbonyl (C=O) groups is 2. The van der Waals surface area contributed by atoms with Crippen molar-refractivity contribution < 1.29 is 37.6 Å². The number of phosphoric ester groups is 1. The number of phosphoric acid groups is 1. The van der Waals surface area contributed by atoms with Gasteiger partial charge in [0, 0.05) is 19.4 Å². The van der Waals surface area contributed by atoms with Gasteiger partial charge in [0.2, 0.25) is 0 Å². The zero-order valence-electron chi connectivity index (χ0n) is 29.0. The van der Waals surface area contributed by atoms with Crippen LogP contribution in [0.1, 0.15) is 149 Å². The molecule has 2 atom stereocenters. The number of hydrogen-bond donors (Lipinski definition) is 2. The van der Waals surface area contributed by atoms with Gasteiger partial charge in [-0.2, -0.15) is 0 Å². The second kappa shape index (κ2) is 33.1. The van der Waals surface area contributed by atoms with E-state index < -0.39 is 32.5 Å². The third-order valence-corrected chi connectivity index (χ3v) is 8.23. The number of nitrogens with two attached hydrogens (primary N) is 1. The molecule has 0 aliphatic carbocycles. The molecule has 268 valence electrons. The van der Waals surface area contributed by atoms with Crippen LogP contribution in [0.15, 0.2) is 36.5 Å². The molecule has 0 aromatic heterocycles. The van der Waals surface area contributed by atoms with E-state index >= 15 is 0 Å². The van der Waals surface area contributed by atoms with Gasteiger partial charge in [0.25, 0.3) is 0 Å². The van der Waals surface area contributed by atoms with Crippen LogP contribution in [0.25, 0.3) is 0 Å². The fourth-order valence-electron chi connectivity index (χ4n) is 4.51. The summed E-state index contributed by atoms with van der Waals surface area (Å²) in [7, 11) is -4.37. The molecule has 9 nitrogen and oxygen atoms in total. The molecule has 0 rings (SSSR count). The van der Waals surface area contributed by atoms with Crippen molar-refractivity contribution in [1.29, 1.82) is 0 Å². The Morgan fingerprint density at radius 3 is 1.67 bits per heavy atom. The zero-order chi connectivity index (χ0) is 34.0. The van der Waals surface area contributed by atoms with E-state index in [0.717, 1.165) is 83.5 Å². The van der Waals surface area contributed by atoms with Crippen LogP contribution in [0.5, 0.6) is 0 Å². The highest BCUT2D eigenvalue weighted by atomic mass is 31.2. The van der Waals surface area contributed by atoms with Crippen molar-refractivity contribution in [2.45, 2.75) is 155 Å². The first kappa shape index (κ1) is 44.2. The summed E-state index contributed by atoms with van der Waals surface area (Å²) < 4.78 is 32.5. The van der Waals surface area contributed by atoms with Crippen molar-refractivity contribution in [2.75, 3.05) is 26.4 Å². The maximum Gasteiger partial charge on any atom is 0.472 e. The molecule has 0 saturated carbocycles. The monoisotopic (exact) mass is 671 g/mol. The Kier molecular flexibility index (Phi) is 31.9. The van der Waals surface area contributed by atoms with Crippen molar-refractivity contribution in [3.05, 3.63) is 36.5 Å². The van der Waals surface area contributed by atoms with Gasteiger partial charge < -0.3 is 20.1 Å². The predicted molar refractivity (Wildman–Crippen MR) is 187 cm³/mol. The van der Waals surface area contributed by atoms with Gasteiger partial charge in [0.05, 0.1) is 13.2 Å². The SMILES string of the molecule is CCCC/C=C/C/C=C/CCCCCCCC(=O)OC[C@H](COP(=O)(O)OCCN)OC(=O)CCCCCCC/C=C/CCCC. The number of esters is 2. The summed E-state index contributed by atoms with van der Waals surface area (Å²) >= 11 is 0. The lowest BCUT2D eigenvalue weighted by Gasteiger charge is -2.19. The molecule has 0 heterocycles. The summed E-state index contributed by atoms with van der Waals surface area (Å²) in [6.45, 7) is 3.60. The summed E-state index contributed by atoms with van der Waals surface area (Å²) in [6, 6.07) is 0. The van der Waals surface area contributed by atoms with Gasteiger partial charge in [-0.05, 0) is 57.8 Å². The normalized spacial score (nSPS) is 13.9. The molecule has 0 aliphatic heterocycles. The van der Waals surface area contributed by atoms with Crippen LogP contribution in [0, 0.1) is 0 Å². The van der Waals surface area contributed by atoms with Crippen LogP contribution >= 0.6 is 7.82 Å². The van der Waals surface area contributed by atoms with E-state index in [1.165, 1.54) is 25.7 Å². The minimum absolute atomic E-state index is 0.0493. The van der Waals surface area contributed by atoms with Gasteiger partial charge in [-0.15, -0.1) is 0 Å². The Hall–Kier alpha value is -1.77. The topological polar surface area (TPSA) is 134 Å². The molecule has 1 unspecified atom stereocenters. The summed E-state index contributed by atoms with van der Waals surface area (Å²) in [4.78, 5) is 34.6. The maximum atomic E-state index is 12.5. The van der Waals surface area contributed by atoms with Gasteiger partial charge in [-0.1, -0.05) is 115 Å². The Labute approximate surface area is 280 Å². The Bertz CT molecular complexity index is 861. The Balaban J connectivity index is 4.29. The second-order valence-corrected chi connectivity index (χ2v) is 13.2. The van der Waals surface area contributed by atoms with E-state index in [0.29, 0.717) is 12.8 Å². The fourth-order valence-corrected chi connectivity index (χ4v) is 5.28. The van der Waals surface area contributed by atoms with E-state index in [9.17, 15) is 19.0 Å². The minimum atomic E-state index is -4.37. The van der Waals surface area contributed by atoms with Crippen molar-refractivity contribution in [2.24, 2.45) is 5.73 Å². The average molecular weight is 672 g/mol. The van der Waals surface area contributed by atoms with Gasteiger partial charge in [0.15, 0.2) is 6.10 Å². The molecule has 0 aromatic carbocycles. The maximum absolute atomic E-state index is 12.5. The van der Waals surface area contributed by atoms with Crippen molar-refractivity contribution in [3.8, 4) is 0 Å². The summed E-state index contributed by atoms with van der Waals surface area (Å²) in [5, 5.41) is 0. The molecule has 0 fully saturated rings. The molecule has 10 heteroatoms. The Morgan fingerprint density at radius 2 is 1.13 bits per heavy atom. The van der Waals surface area contributed by atoms with Crippen LogP contribution in [0.4, 0.5) is 0 Å². The lowest BCUT2D eigenvalue weighted by atomic mass is 10.1. The zero-order valence-corrected chi connectivity index (χ0v) is 29.9. The third-order valence-electron chi connectivity index (χ3n) is 7.25. The molecule has 0 saturated heterocycles. The molecule has 3 N–H and O–H groups in total. The highest BCUT2D eigenvalue weighted by molar-refractivity contribution is 7.47. The predicted octanol–water partition coefficient (Wildman–Crippen LogP) is 9.43. The number of carbonyl (C=O) groups excluding carboxylic acids is 2. The van der Waals surface area contributed by atoms with Gasteiger partial charge in [0.1, 0.15) is 6.61 Å². The van der Waals surface area contributed by atoms with Crippen molar-refractivity contribution in [3.63, 3.8) is 0 Å². The quantitative estimate of drug-likeness (QED) is 0.0303. The standard InChI is InChI=1S/C36H66NO8P/c1-3-5-7-9-11-13-15-16-17-19-20-22-24-26-28-35(38)42-32-34(33-44-46(40,41)43-31-30-37)45-36(39)29-27-25-23-21-18-14-12-10-8-6-4-2/h9-12,15-16,34H,3-8,13-14,17-33,37H2,1-2H3,(H,40,41)/b11-9+,12-10+,16-15+/t34-/m1/s1. The number of allylic oxidation sites excluding steroid dienone is 6. The molecule has 46 heavy (non-hydrogen) atoms. The van der Waals surface area contributed by atoms with Crippen molar-refractivity contribution in [1.82, 2.24) is 0 Å². The minimum Gasteiger partial charge on any atom is -0.462 e. The van der Waals surface area contributed by atoms with E-state index in [1.807, 2.05) is 0 Å². The third kappa shape index (κ3) is 32.2. The van der Waals surface area contributed by atoms with Crippen LogP contribution in [0.2, 0.25) is 0 Å². The number of hydrogen-bond acceptors (Lipinski definition) is 8. The molecule has 0 amide bonds. The highest BCUT2D eigenvalue weighted by Crippen LogP contribution is 2.43. The lowest BCUT2D eigenvalue weighted by molar-refractivity contribution is -0.161. The summed E-state index contributed by atoms with van der Waals surface area (Å²) in [5.41, 5.74) is 5.32. The molecule has 0 aliphatic rings. The molecule has 0 radical (unpaired) electrons. The van der Waals surface area contributed by atoms with Crippen LogP contribution < -0.4 is 5.73 Å². The second-order valence-electron chi connectivity index (χ2n) is 11.7. The van der Waals surface area contributed by atoms with Gasteiger partial charge >= 0.3 is 19.8 Å². The van der Waals surface area contributed by atoms with Gasteiger partial charge in [-0.25, -0.2) is 4.57 Å². The first-order chi connectivity index (χ1) is 22.3. The highest BCUT2D eigenvalue weighted by Gasteiger charge is 2.25. The number of unbranched alkanes of at least 4 members (excludes halogenated alkanes) is 14. The van der Waals surface area contributed by atoms with Crippen molar-refractivity contribution >= 4 is 19.8 Å². The van der Waals surface area contributed by atoms with Crippen LogP contribution in [0.3, 0.4) is 0 Å².